The number of hydrogen-bond acceptors (Lipinski definition) is 7. The second-order valence-electron chi connectivity index (χ2n) is 7.37. The smallest absolute Gasteiger partial charge is 0.251 e. The lowest BCUT2D eigenvalue weighted by atomic mass is 10.1. The zero-order valence-corrected chi connectivity index (χ0v) is 18.8. The lowest BCUT2D eigenvalue weighted by Gasteiger charge is -2.33. The summed E-state index contributed by atoms with van der Waals surface area (Å²) >= 11 is 7.78. The van der Waals surface area contributed by atoms with E-state index in [4.69, 9.17) is 21.0 Å². The van der Waals surface area contributed by atoms with Crippen molar-refractivity contribution in [3.63, 3.8) is 0 Å². The number of nitrogens with one attached hydrogen (secondary N) is 1. The van der Waals surface area contributed by atoms with Gasteiger partial charge in [-0.05, 0) is 36.9 Å². The van der Waals surface area contributed by atoms with Gasteiger partial charge in [0.25, 0.3) is 5.91 Å². The molecule has 1 aliphatic heterocycles. The molecule has 0 radical (unpaired) electrons. The molecule has 0 saturated carbocycles. The third-order valence-electron chi connectivity index (χ3n) is 5.08. The molecule has 1 N–H and O–H groups in total. The molecule has 4 rings (SSSR count). The summed E-state index contributed by atoms with van der Waals surface area (Å²) in [5, 5.41) is 3.95. The highest BCUT2D eigenvalue weighted by atomic mass is 35.5. The van der Waals surface area contributed by atoms with Gasteiger partial charge in [0.15, 0.2) is 5.16 Å². The maximum Gasteiger partial charge on any atom is 0.251 e. The number of carbonyl (C=O) groups is 1. The minimum Gasteiger partial charge on any atom is -0.467 e. The van der Waals surface area contributed by atoms with Crippen molar-refractivity contribution in [1.29, 1.82) is 0 Å². The highest BCUT2D eigenvalue weighted by molar-refractivity contribution is 7.98. The van der Waals surface area contributed by atoms with Crippen LogP contribution in [0.4, 0.5) is 5.82 Å². The number of benzene rings is 1. The van der Waals surface area contributed by atoms with Crippen LogP contribution >= 0.6 is 23.4 Å². The quantitative estimate of drug-likeness (QED) is 0.329. The first-order valence-corrected chi connectivity index (χ1v) is 11.4. The molecule has 1 aromatic carbocycles. The van der Waals surface area contributed by atoms with E-state index in [1.165, 1.54) is 11.8 Å². The van der Waals surface area contributed by atoms with Crippen molar-refractivity contribution in [3.8, 4) is 0 Å². The molecular weight excluding hydrogens is 434 g/mol. The van der Waals surface area contributed by atoms with Crippen LogP contribution < -0.4 is 10.2 Å². The van der Waals surface area contributed by atoms with Crippen LogP contribution in [0.25, 0.3) is 0 Å². The predicted molar refractivity (Wildman–Crippen MR) is 123 cm³/mol. The van der Waals surface area contributed by atoms with Crippen LogP contribution in [0.15, 0.2) is 58.3 Å². The number of thioether (sulfide) groups is 1. The van der Waals surface area contributed by atoms with Crippen molar-refractivity contribution in [2.24, 2.45) is 0 Å². The Morgan fingerprint density at radius 3 is 2.65 bits per heavy atom. The van der Waals surface area contributed by atoms with Gasteiger partial charge in [-0.3, -0.25) is 4.79 Å². The molecule has 1 fully saturated rings. The summed E-state index contributed by atoms with van der Waals surface area (Å²) in [5.41, 5.74) is 1.69. The van der Waals surface area contributed by atoms with Crippen molar-refractivity contribution >= 4 is 35.1 Å². The molecule has 3 heterocycles. The van der Waals surface area contributed by atoms with E-state index in [9.17, 15) is 4.79 Å². The van der Waals surface area contributed by atoms with Crippen LogP contribution in [0.2, 0.25) is 5.15 Å². The number of aromatic nitrogens is 2. The van der Waals surface area contributed by atoms with E-state index < -0.39 is 0 Å². The molecule has 3 aromatic rings. The minimum absolute atomic E-state index is 0.134. The maximum atomic E-state index is 12.3. The summed E-state index contributed by atoms with van der Waals surface area (Å²) in [4.78, 5) is 25.9. The van der Waals surface area contributed by atoms with E-state index >= 15 is 0 Å². The Balaban J connectivity index is 1.33. The SMILES string of the molecule is CN1CCN(c2cc(Cl)nc(SCc3ccc(C(=O)NCc4ccco4)cc3)n2)CC1. The van der Waals surface area contributed by atoms with Crippen molar-refractivity contribution in [1.82, 2.24) is 20.2 Å². The van der Waals surface area contributed by atoms with Gasteiger partial charge in [-0.2, -0.15) is 0 Å². The fourth-order valence-corrected chi connectivity index (χ4v) is 4.27. The lowest BCUT2D eigenvalue weighted by Crippen LogP contribution is -2.44. The molecule has 162 valence electrons. The third kappa shape index (κ3) is 6.00. The van der Waals surface area contributed by atoms with Crippen LogP contribution in [0.1, 0.15) is 21.7 Å². The fourth-order valence-electron chi connectivity index (χ4n) is 3.23. The first-order valence-electron chi connectivity index (χ1n) is 10.1. The zero-order valence-electron chi connectivity index (χ0n) is 17.3. The Labute approximate surface area is 190 Å². The molecule has 7 nitrogen and oxygen atoms in total. The molecule has 1 amide bonds. The number of nitrogens with zero attached hydrogens (tertiary/aromatic N) is 4. The molecule has 0 spiro atoms. The summed E-state index contributed by atoms with van der Waals surface area (Å²) < 4.78 is 5.23. The van der Waals surface area contributed by atoms with E-state index in [1.54, 1.807) is 12.3 Å². The Bertz CT molecular complexity index is 1010. The number of rotatable bonds is 7. The van der Waals surface area contributed by atoms with Crippen molar-refractivity contribution < 1.29 is 9.21 Å². The van der Waals surface area contributed by atoms with E-state index in [0.29, 0.717) is 28.2 Å². The summed E-state index contributed by atoms with van der Waals surface area (Å²) in [5.74, 6) is 2.15. The van der Waals surface area contributed by atoms with Gasteiger partial charge in [-0.15, -0.1) is 0 Å². The van der Waals surface area contributed by atoms with Gasteiger partial charge in [0, 0.05) is 43.6 Å². The topological polar surface area (TPSA) is 74.5 Å². The molecule has 9 heteroatoms. The summed E-state index contributed by atoms with van der Waals surface area (Å²) in [6.45, 7) is 4.23. The van der Waals surface area contributed by atoms with E-state index in [2.05, 4.69) is 27.1 Å². The molecule has 0 atom stereocenters. The van der Waals surface area contributed by atoms with Gasteiger partial charge >= 0.3 is 0 Å². The van der Waals surface area contributed by atoms with Crippen LogP contribution in [0.5, 0.6) is 0 Å². The molecule has 1 aliphatic rings. The Hall–Kier alpha value is -2.55. The second kappa shape index (κ2) is 10.2. The molecule has 31 heavy (non-hydrogen) atoms. The number of anilines is 1. The van der Waals surface area contributed by atoms with E-state index in [0.717, 1.165) is 43.3 Å². The summed E-state index contributed by atoms with van der Waals surface area (Å²) in [6.07, 6.45) is 1.59. The van der Waals surface area contributed by atoms with Gasteiger partial charge in [-0.1, -0.05) is 35.5 Å². The standard InChI is InChI=1S/C22H24ClN5O2S/c1-27-8-10-28(11-9-27)20-13-19(23)25-22(26-20)31-15-16-4-6-17(7-5-16)21(29)24-14-18-3-2-12-30-18/h2-7,12-13H,8-11,14-15H2,1H3,(H,24,29). The number of furan rings is 1. The average Bonchev–Trinajstić information content (AvgIpc) is 3.30. The number of amides is 1. The van der Waals surface area contributed by atoms with Crippen molar-refractivity contribution in [2.45, 2.75) is 17.5 Å². The van der Waals surface area contributed by atoms with Crippen LogP contribution in [0, 0.1) is 0 Å². The Kier molecular flexibility index (Phi) is 7.11. The summed E-state index contributed by atoms with van der Waals surface area (Å²) in [7, 11) is 2.12. The van der Waals surface area contributed by atoms with E-state index in [1.807, 2.05) is 36.4 Å². The number of carbonyl (C=O) groups excluding carboxylic acids is 1. The molecule has 0 unspecified atom stereocenters. The molecule has 1 saturated heterocycles. The number of halogens is 1. The Morgan fingerprint density at radius 1 is 1.16 bits per heavy atom. The second-order valence-corrected chi connectivity index (χ2v) is 8.70. The predicted octanol–water partition coefficient (Wildman–Crippen LogP) is 3.70. The first-order chi connectivity index (χ1) is 15.1. The van der Waals surface area contributed by atoms with Crippen molar-refractivity contribution in [3.05, 3.63) is 70.8 Å². The fraction of sp³-hybridized carbons (Fsp3) is 0.318. The zero-order chi connectivity index (χ0) is 21.6. The van der Waals surface area contributed by atoms with Crippen LogP contribution in [0.3, 0.4) is 0 Å². The normalized spacial score (nSPS) is 14.6. The van der Waals surface area contributed by atoms with Gasteiger partial charge in [0.1, 0.15) is 16.7 Å². The lowest BCUT2D eigenvalue weighted by molar-refractivity contribution is 0.0948. The van der Waals surface area contributed by atoms with Gasteiger partial charge in [0.05, 0.1) is 12.8 Å². The first kappa shape index (κ1) is 21.7. The van der Waals surface area contributed by atoms with Gasteiger partial charge in [-0.25, -0.2) is 9.97 Å². The van der Waals surface area contributed by atoms with E-state index in [-0.39, 0.29) is 5.91 Å². The largest absolute Gasteiger partial charge is 0.467 e. The molecule has 2 aromatic heterocycles. The number of piperazine rings is 1. The Morgan fingerprint density at radius 2 is 1.94 bits per heavy atom. The van der Waals surface area contributed by atoms with Gasteiger partial charge in [0.2, 0.25) is 0 Å². The number of likely N-dealkylation sites (N-methyl/N-ethyl adjacent to an activating group) is 1. The third-order valence-corrected chi connectivity index (χ3v) is 6.19. The maximum absolute atomic E-state index is 12.3. The highest BCUT2D eigenvalue weighted by Gasteiger charge is 2.17. The molecule has 0 aliphatic carbocycles. The number of hydrogen-bond donors (Lipinski definition) is 1. The van der Waals surface area contributed by atoms with Crippen LogP contribution in [-0.4, -0.2) is 54.0 Å². The van der Waals surface area contributed by atoms with Crippen molar-refractivity contribution in [2.75, 3.05) is 38.1 Å². The van der Waals surface area contributed by atoms with Gasteiger partial charge < -0.3 is 19.5 Å². The average molecular weight is 458 g/mol. The monoisotopic (exact) mass is 457 g/mol. The molecule has 0 bridgehead atoms. The summed E-state index contributed by atoms with van der Waals surface area (Å²) in [6, 6.07) is 13.0. The van der Waals surface area contributed by atoms with Crippen LogP contribution in [-0.2, 0) is 12.3 Å². The minimum atomic E-state index is -0.134. The highest BCUT2D eigenvalue weighted by Crippen LogP contribution is 2.25. The molecular formula is C22H24ClN5O2S.